The molecule has 0 aliphatic heterocycles. The molecule has 0 aromatic carbocycles. The molecule has 2 unspecified atom stereocenters. The van der Waals surface area contributed by atoms with Crippen LogP contribution < -0.4 is 5.32 Å². The van der Waals surface area contributed by atoms with E-state index in [-0.39, 0.29) is 12.5 Å². The lowest BCUT2D eigenvalue weighted by Gasteiger charge is -2.27. The van der Waals surface area contributed by atoms with E-state index in [1.165, 1.54) is 31.4 Å². The molecule has 5 heteroatoms. The molecule has 0 heterocycles. The summed E-state index contributed by atoms with van der Waals surface area (Å²) in [7, 11) is 0. The van der Waals surface area contributed by atoms with Crippen molar-refractivity contribution >= 4 is 30.3 Å². The topological polar surface area (TPSA) is 49.3 Å². The van der Waals surface area contributed by atoms with Gasteiger partial charge in [0.05, 0.1) is 0 Å². The van der Waals surface area contributed by atoms with E-state index in [0.29, 0.717) is 13.0 Å². The number of rotatable bonds is 10. The highest BCUT2D eigenvalue weighted by Crippen LogP contribution is 2.31. The van der Waals surface area contributed by atoms with Crippen LogP contribution in [0.2, 0.25) is 0 Å². The van der Waals surface area contributed by atoms with Crippen molar-refractivity contribution in [2.45, 2.75) is 44.9 Å². The first-order valence-corrected chi connectivity index (χ1v) is 9.61. The van der Waals surface area contributed by atoms with E-state index in [1.54, 1.807) is 0 Å². The number of hydrogen-bond donors (Lipinski definition) is 3. The lowest BCUT2D eigenvalue weighted by Crippen LogP contribution is -2.25. The summed E-state index contributed by atoms with van der Waals surface area (Å²) in [5.74, 6) is 4.94. The van der Waals surface area contributed by atoms with Gasteiger partial charge in [0.15, 0.2) is 0 Å². The van der Waals surface area contributed by atoms with Crippen molar-refractivity contribution in [3.05, 3.63) is 0 Å². The molecule has 1 saturated carbocycles. The zero-order chi connectivity index (χ0) is 14.6. The number of unbranched alkanes of at least 4 members (excludes halogenated alkanes) is 1. The third-order valence-corrected chi connectivity index (χ3v) is 5.60. The van der Waals surface area contributed by atoms with Crippen molar-refractivity contribution in [1.29, 1.82) is 0 Å². The predicted octanol–water partition coefficient (Wildman–Crippen LogP) is 2.73. The highest BCUT2D eigenvalue weighted by molar-refractivity contribution is 7.99. The SMILES string of the molecule is O=C(CCSCC1CCCC(CS)C1)NCCCCO. The Labute approximate surface area is 133 Å². The minimum Gasteiger partial charge on any atom is -0.396 e. The minimum absolute atomic E-state index is 0.146. The Hall–Kier alpha value is 0.130. The standard InChI is InChI=1S/C15H29NO2S2/c17-8-2-1-7-16-15(18)6-9-20-12-14-5-3-4-13(10-14)11-19/h13-14,17,19H,1-12H2,(H,16,18). The average molecular weight is 320 g/mol. The second-order valence-electron chi connectivity index (χ2n) is 5.69. The van der Waals surface area contributed by atoms with E-state index in [0.717, 1.165) is 36.2 Å². The fourth-order valence-corrected chi connectivity index (χ4v) is 4.15. The van der Waals surface area contributed by atoms with Crippen LogP contribution in [-0.4, -0.2) is 41.4 Å². The zero-order valence-electron chi connectivity index (χ0n) is 12.4. The van der Waals surface area contributed by atoms with Gasteiger partial charge in [-0.05, 0) is 55.4 Å². The molecule has 1 rings (SSSR count). The molecule has 118 valence electrons. The number of amides is 1. The van der Waals surface area contributed by atoms with Crippen LogP contribution in [0.1, 0.15) is 44.9 Å². The Morgan fingerprint density at radius 1 is 1.30 bits per heavy atom. The molecule has 1 fully saturated rings. The van der Waals surface area contributed by atoms with Gasteiger partial charge in [-0.25, -0.2) is 0 Å². The molecule has 1 aliphatic carbocycles. The molecular formula is C15H29NO2S2. The molecule has 0 aromatic rings. The van der Waals surface area contributed by atoms with Gasteiger partial charge in [-0.2, -0.15) is 24.4 Å². The monoisotopic (exact) mass is 319 g/mol. The van der Waals surface area contributed by atoms with Crippen LogP contribution >= 0.6 is 24.4 Å². The number of aliphatic hydroxyl groups excluding tert-OH is 1. The number of thiol groups is 1. The summed E-state index contributed by atoms with van der Waals surface area (Å²) in [6, 6.07) is 0. The largest absolute Gasteiger partial charge is 0.396 e. The Morgan fingerprint density at radius 3 is 2.85 bits per heavy atom. The summed E-state index contributed by atoms with van der Waals surface area (Å²) in [5.41, 5.74) is 0. The van der Waals surface area contributed by atoms with Crippen LogP contribution in [0, 0.1) is 11.8 Å². The molecule has 0 spiro atoms. The number of thioether (sulfide) groups is 1. The van der Waals surface area contributed by atoms with E-state index in [4.69, 9.17) is 5.11 Å². The average Bonchev–Trinajstić information content (AvgIpc) is 2.48. The Bertz CT molecular complexity index is 264. The van der Waals surface area contributed by atoms with Gasteiger partial charge in [0.2, 0.25) is 5.91 Å². The van der Waals surface area contributed by atoms with E-state index in [1.807, 2.05) is 11.8 Å². The summed E-state index contributed by atoms with van der Waals surface area (Å²) in [5, 5.41) is 11.5. The molecule has 0 saturated heterocycles. The smallest absolute Gasteiger partial charge is 0.220 e. The highest BCUT2D eigenvalue weighted by Gasteiger charge is 2.20. The molecule has 2 atom stereocenters. The molecule has 1 amide bonds. The van der Waals surface area contributed by atoms with Gasteiger partial charge < -0.3 is 10.4 Å². The lowest BCUT2D eigenvalue weighted by atomic mass is 9.83. The van der Waals surface area contributed by atoms with Crippen molar-refractivity contribution in [1.82, 2.24) is 5.32 Å². The summed E-state index contributed by atoms with van der Waals surface area (Å²) < 4.78 is 0. The fraction of sp³-hybridized carbons (Fsp3) is 0.933. The number of nitrogens with one attached hydrogen (secondary N) is 1. The Kier molecular flexibility index (Phi) is 10.7. The summed E-state index contributed by atoms with van der Waals surface area (Å²) in [6.07, 6.45) is 7.62. The maximum Gasteiger partial charge on any atom is 0.220 e. The molecule has 20 heavy (non-hydrogen) atoms. The second kappa shape index (κ2) is 11.8. The highest BCUT2D eigenvalue weighted by atomic mass is 32.2. The third-order valence-electron chi connectivity index (χ3n) is 3.88. The van der Waals surface area contributed by atoms with Gasteiger partial charge in [0.1, 0.15) is 0 Å². The molecule has 2 N–H and O–H groups in total. The normalized spacial score (nSPS) is 22.7. The van der Waals surface area contributed by atoms with Gasteiger partial charge in [0.25, 0.3) is 0 Å². The second-order valence-corrected chi connectivity index (χ2v) is 7.20. The third kappa shape index (κ3) is 8.42. The van der Waals surface area contributed by atoms with E-state index >= 15 is 0 Å². The van der Waals surface area contributed by atoms with E-state index in [9.17, 15) is 4.79 Å². The Balaban J connectivity index is 1.96. The fourth-order valence-electron chi connectivity index (χ4n) is 2.69. The number of carbonyl (C=O) groups is 1. The number of hydrogen-bond acceptors (Lipinski definition) is 4. The number of carbonyl (C=O) groups excluding carboxylic acids is 1. The van der Waals surface area contributed by atoms with Gasteiger partial charge in [0, 0.05) is 25.3 Å². The first-order chi connectivity index (χ1) is 9.76. The van der Waals surface area contributed by atoms with Gasteiger partial charge in [-0.1, -0.05) is 6.42 Å². The molecule has 1 aliphatic rings. The Morgan fingerprint density at radius 2 is 2.10 bits per heavy atom. The van der Waals surface area contributed by atoms with Crippen molar-refractivity contribution in [2.24, 2.45) is 11.8 Å². The number of aliphatic hydroxyl groups is 1. The molecule has 3 nitrogen and oxygen atoms in total. The van der Waals surface area contributed by atoms with Crippen molar-refractivity contribution in [2.75, 3.05) is 30.4 Å². The zero-order valence-corrected chi connectivity index (χ0v) is 14.1. The van der Waals surface area contributed by atoms with Crippen LogP contribution in [0.3, 0.4) is 0 Å². The maximum absolute atomic E-state index is 11.6. The van der Waals surface area contributed by atoms with E-state index < -0.39 is 0 Å². The van der Waals surface area contributed by atoms with Crippen LogP contribution in [0.4, 0.5) is 0 Å². The minimum atomic E-state index is 0.146. The first-order valence-electron chi connectivity index (χ1n) is 7.82. The van der Waals surface area contributed by atoms with Crippen LogP contribution in [0.5, 0.6) is 0 Å². The van der Waals surface area contributed by atoms with Crippen molar-refractivity contribution in [3.63, 3.8) is 0 Å². The summed E-state index contributed by atoms with van der Waals surface area (Å²) in [4.78, 5) is 11.6. The summed E-state index contributed by atoms with van der Waals surface area (Å²) >= 11 is 6.33. The van der Waals surface area contributed by atoms with Crippen LogP contribution in [0.25, 0.3) is 0 Å². The van der Waals surface area contributed by atoms with Crippen LogP contribution in [-0.2, 0) is 4.79 Å². The van der Waals surface area contributed by atoms with E-state index in [2.05, 4.69) is 17.9 Å². The molecular weight excluding hydrogens is 290 g/mol. The first kappa shape index (κ1) is 18.2. The predicted molar refractivity (Wildman–Crippen MR) is 90.6 cm³/mol. The molecule has 0 bridgehead atoms. The maximum atomic E-state index is 11.6. The molecule has 0 aromatic heterocycles. The quantitative estimate of drug-likeness (QED) is 0.429. The molecule has 0 radical (unpaired) electrons. The lowest BCUT2D eigenvalue weighted by molar-refractivity contribution is -0.120. The summed E-state index contributed by atoms with van der Waals surface area (Å²) in [6.45, 7) is 0.900. The van der Waals surface area contributed by atoms with Gasteiger partial charge in [-0.15, -0.1) is 0 Å². The van der Waals surface area contributed by atoms with Gasteiger partial charge >= 0.3 is 0 Å². The van der Waals surface area contributed by atoms with Crippen molar-refractivity contribution in [3.8, 4) is 0 Å². The van der Waals surface area contributed by atoms with Crippen molar-refractivity contribution < 1.29 is 9.90 Å². The van der Waals surface area contributed by atoms with Crippen LogP contribution in [0.15, 0.2) is 0 Å². The van der Waals surface area contributed by atoms with Gasteiger partial charge in [-0.3, -0.25) is 4.79 Å².